The standard InChI is InChI=1S/C19H16ClN5O2/c1-4-6-13(5-2)24-18(26)15-17(22)23-10-25(19(15)27)16-11(3)7-12(9-21)8-14(16)20/h4-8,10H,1-2,22H2,3H3,(H,24,26)/b13-6+. The predicted molar refractivity (Wildman–Crippen MR) is 105 cm³/mol. The molecule has 0 fully saturated rings. The van der Waals surface area contributed by atoms with Crippen LogP contribution in [0.2, 0.25) is 5.02 Å². The zero-order valence-electron chi connectivity index (χ0n) is 14.5. The first-order valence-corrected chi connectivity index (χ1v) is 8.06. The summed E-state index contributed by atoms with van der Waals surface area (Å²) in [4.78, 5) is 29.4. The lowest BCUT2D eigenvalue weighted by Crippen LogP contribution is -2.34. The maximum absolute atomic E-state index is 12.9. The Morgan fingerprint density at radius 2 is 2.15 bits per heavy atom. The van der Waals surface area contributed by atoms with Crippen LogP contribution in [0.3, 0.4) is 0 Å². The van der Waals surface area contributed by atoms with E-state index in [0.29, 0.717) is 22.5 Å². The van der Waals surface area contributed by atoms with Crippen LogP contribution >= 0.6 is 11.6 Å². The molecule has 1 heterocycles. The first kappa shape index (κ1) is 19.7. The molecule has 0 bridgehead atoms. The largest absolute Gasteiger partial charge is 0.383 e. The molecule has 2 rings (SSSR count). The lowest BCUT2D eigenvalue weighted by molar-refractivity contribution is 0.0966. The van der Waals surface area contributed by atoms with Gasteiger partial charge >= 0.3 is 0 Å². The Kier molecular flexibility index (Phi) is 5.96. The molecule has 7 nitrogen and oxygen atoms in total. The molecule has 1 amide bonds. The molecule has 8 heteroatoms. The van der Waals surface area contributed by atoms with E-state index in [4.69, 9.17) is 22.6 Å². The molecule has 136 valence electrons. The summed E-state index contributed by atoms with van der Waals surface area (Å²) >= 11 is 6.24. The van der Waals surface area contributed by atoms with Crippen LogP contribution in [-0.2, 0) is 0 Å². The quantitative estimate of drug-likeness (QED) is 0.773. The van der Waals surface area contributed by atoms with Crippen molar-refractivity contribution in [1.82, 2.24) is 14.9 Å². The first-order valence-electron chi connectivity index (χ1n) is 7.68. The Labute approximate surface area is 160 Å². The van der Waals surface area contributed by atoms with Crippen LogP contribution in [0, 0.1) is 18.3 Å². The summed E-state index contributed by atoms with van der Waals surface area (Å²) in [5.74, 6) is -0.965. The highest BCUT2D eigenvalue weighted by molar-refractivity contribution is 6.32. The van der Waals surface area contributed by atoms with Gasteiger partial charge in [0.15, 0.2) is 0 Å². The number of anilines is 1. The number of halogens is 1. The summed E-state index contributed by atoms with van der Waals surface area (Å²) in [6, 6.07) is 4.99. The minimum Gasteiger partial charge on any atom is -0.383 e. The highest BCUT2D eigenvalue weighted by Crippen LogP contribution is 2.25. The van der Waals surface area contributed by atoms with Crippen molar-refractivity contribution in [1.29, 1.82) is 5.26 Å². The molecule has 0 atom stereocenters. The Bertz CT molecular complexity index is 1050. The van der Waals surface area contributed by atoms with Crippen molar-refractivity contribution in [3.63, 3.8) is 0 Å². The van der Waals surface area contributed by atoms with Gasteiger partial charge < -0.3 is 11.1 Å². The van der Waals surface area contributed by atoms with Crippen LogP contribution in [0.1, 0.15) is 21.5 Å². The normalized spacial score (nSPS) is 10.8. The Hall–Kier alpha value is -3.63. The molecular weight excluding hydrogens is 366 g/mol. The second-order valence-corrected chi connectivity index (χ2v) is 5.84. The molecule has 1 aromatic heterocycles. The third-order valence-corrected chi connectivity index (χ3v) is 3.92. The Morgan fingerprint density at radius 1 is 1.44 bits per heavy atom. The number of nitrogens with two attached hydrogens (primary N) is 1. The second-order valence-electron chi connectivity index (χ2n) is 5.43. The van der Waals surface area contributed by atoms with Gasteiger partial charge in [-0.3, -0.25) is 14.2 Å². The Morgan fingerprint density at radius 3 is 2.70 bits per heavy atom. The monoisotopic (exact) mass is 381 g/mol. The van der Waals surface area contributed by atoms with Crippen molar-refractivity contribution >= 4 is 23.3 Å². The molecule has 0 spiro atoms. The molecule has 27 heavy (non-hydrogen) atoms. The number of carbonyl (C=O) groups excluding carboxylic acids is 1. The number of aryl methyl sites for hydroxylation is 1. The fourth-order valence-electron chi connectivity index (χ4n) is 2.43. The van der Waals surface area contributed by atoms with Crippen molar-refractivity contribution in [3.05, 3.63) is 87.6 Å². The minimum atomic E-state index is -0.741. The Balaban J connectivity index is 2.64. The smallest absolute Gasteiger partial charge is 0.273 e. The highest BCUT2D eigenvalue weighted by atomic mass is 35.5. The van der Waals surface area contributed by atoms with Crippen molar-refractivity contribution in [2.24, 2.45) is 0 Å². The van der Waals surface area contributed by atoms with Gasteiger partial charge in [0.25, 0.3) is 11.5 Å². The lowest BCUT2D eigenvalue weighted by atomic mass is 10.1. The topological polar surface area (TPSA) is 114 Å². The number of nitrogens with one attached hydrogen (secondary N) is 1. The fraction of sp³-hybridized carbons (Fsp3) is 0.0526. The van der Waals surface area contributed by atoms with E-state index in [9.17, 15) is 9.59 Å². The number of allylic oxidation sites excluding steroid dienone is 3. The number of carbonyl (C=O) groups is 1. The van der Waals surface area contributed by atoms with E-state index in [2.05, 4.69) is 23.5 Å². The van der Waals surface area contributed by atoms with E-state index in [0.717, 1.165) is 4.57 Å². The van der Waals surface area contributed by atoms with Gasteiger partial charge in [0.1, 0.15) is 17.7 Å². The molecule has 0 aliphatic heterocycles. The minimum absolute atomic E-state index is 0.171. The van der Waals surface area contributed by atoms with Gasteiger partial charge in [-0.05, 0) is 36.8 Å². The van der Waals surface area contributed by atoms with Gasteiger partial charge in [-0.25, -0.2) is 4.98 Å². The summed E-state index contributed by atoms with van der Waals surface area (Å²) in [6.07, 6.45) is 5.55. The van der Waals surface area contributed by atoms with Gasteiger partial charge in [0.05, 0.1) is 22.3 Å². The molecule has 0 radical (unpaired) electrons. The van der Waals surface area contributed by atoms with Gasteiger partial charge in [-0.1, -0.05) is 30.8 Å². The summed E-state index contributed by atoms with van der Waals surface area (Å²) in [6.45, 7) is 8.79. The average molecular weight is 382 g/mol. The van der Waals surface area contributed by atoms with Crippen LogP contribution in [-0.4, -0.2) is 15.5 Å². The molecule has 0 aliphatic carbocycles. The van der Waals surface area contributed by atoms with Crippen LogP contribution in [0.25, 0.3) is 5.69 Å². The SMILES string of the molecule is C=C/C=C(\C=C)NC(=O)c1c(N)ncn(-c2c(C)cc(C#N)cc2Cl)c1=O. The number of aromatic nitrogens is 2. The van der Waals surface area contributed by atoms with Crippen molar-refractivity contribution in [3.8, 4) is 11.8 Å². The fourth-order valence-corrected chi connectivity index (χ4v) is 2.78. The molecule has 0 saturated carbocycles. The maximum Gasteiger partial charge on any atom is 0.273 e. The van der Waals surface area contributed by atoms with Crippen LogP contribution in [0.5, 0.6) is 0 Å². The van der Waals surface area contributed by atoms with Crippen LogP contribution < -0.4 is 16.6 Å². The third-order valence-electron chi connectivity index (χ3n) is 3.63. The highest BCUT2D eigenvalue weighted by Gasteiger charge is 2.20. The summed E-state index contributed by atoms with van der Waals surface area (Å²) in [7, 11) is 0. The number of nitrogens with zero attached hydrogens (tertiary/aromatic N) is 3. The van der Waals surface area contributed by atoms with Gasteiger partial charge in [-0.2, -0.15) is 5.26 Å². The van der Waals surface area contributed by atoms with Crippen molar-refractivity contribution < 1.29 is 4.79 Å². The van der Waals surface area contributed by atoms with E-state index >= 15 is 0 Å². The third kappa shape index (κ3) is 3.97. The molecule has 0 saturated heterocycles. The lowest BCUT2D eigenvalue weighted by Gasteiger charge is -2.14. The van der Waals surface area contributed by atoms with E-state index in [-0.39, 0.29) is 16.4 Å². The van der Waals surface area contributed by atoms with Gasteiger partial charge in [-0.15, -0.1) is 0 Å². The van der Waals surface area contributed by atoms with E-state index < -0.39 is 11.5 Å². The molecule has 3 N–H and O–H groups in total. The molecule has 2 aromatic rings. The van der Waals surface area contributed by atoms with Crippen LogP contribution in [0.15, 0.2) is 60.3 Å². The zero-order chi connectivity index (χ0) is 20.1. The van der Waals surface area contributed by atoms with E-state index in [1.165, 1.54) is 30.6 Å². The maximum atomic E-state index is 12.9. The number of hydrogen-bond acceptors (Lipinski definition) is 5. The summed E-state index contributed by atoms with van der Waals surface area (Å²) in [5, 5.41) is 11.7. The second kappa shape index (κ2) is 8.17. The number of nitriles is 1. The average Bonchev–Trinajstić information content (AvgIpc) is 2.62. The van der Waals surface area contributed by atoms with Gasteiger partial charge in [0, 0.05) is 5.70 Å². The molecule has 1 aromatic carbocycles. The number of nitrogen functional groups attached to an aromatic ring is 1. The predicted octanol–water partition coefficient (Wildman–Crippen LogP) is 2.63. The molecule has 0 aliphatic rings. The summed E-state index contributed by atoms with van der Waals surface area (Å²) in [5.41, 5.74) is 6.29. The number of rotatable bonds is 5. The number of hydrogen-bond donors (Lipinski definition) is 2. The molecule has 0 unspecified atom stereocenters. The van der Waals surface area contributed by atoms with Crippen molar-refractivity contribution in [2.45, 2.75) is 6.92 Å². The van der Waals surface area contributed by atoms with Crippen LogP contribution in [0.4, 0.5) is 5.82 Å². The van der Waals surface area contributed by atoms with Crippen molar-refractivity contribution in [2.75, 3.05) is 5.73 Å². The number of benzene rings is 1. The number of amides is 1. The van der Waals surface area contributed by atoms with E-state index in [1.54, 1.807) is 13.0 Å². The first-order chi connectivity index (χ1) is 12.8. The summed E-state index contributed by atoms with van der Waals surface area (Å²) < 4.78 is 1.12. The van der Waals surface area contributed by atoms with E-state index in [1.807, 2.05) is 6.07 Å². The molecular formula is C19H16ClN5O2. The van der Waals surface area contributed by atoms with Gasteiger partial charge in [0.2, 0.25) is 0 Å². The zero-order valence-corrected chi connectivity index (χ0v) is 15.2.